The number of aromatic nitrogens is 1. The van der Waals surface area contributed by atoms with E-state index in [4.69, 9.17) is 26.0 Å². The first kappa shape index (κ1) is 23.9. The average molecular weight is 466 g/mol. The molecule has 2 aliphatic rings. The predicted octanol–water partition coefficient (Wildman–Crippen LogP) is 4.03. The van der Waals surface area contributed by atoms with Gasteiger partial charge in [0, 0.05) is 13.0 Å². The van der Waals surface area contributed by atoms with E-state index in [0.29, 0.717) is 23.0 Å². The lowest BCUT2D eigenvalue weighted by atomic mass is 9.98. The number of carbonyl (C=O) groups is 1. The maximum atomic E-state index is 12.2. The van der Waals surface area contributed by atoms with Crippen molar-refractivity contribution in [3.63, 3.8) is 0 Å². The summed E-state index contributed by atoms with van der Waals surface area (Å²) >= 11 is 0. The van der Waals surface area contributed by atoms with Gasteiger partial charge in [-0.3, -0.25) is 0 Å². The molecule has 2 fully saturated rings. The van der Waals surface area contributed by atoms with Gasteiger partial charge in [-0.2, -0.15) is 0 Å². The van der Waals surface area contributed by atoms with Crippen molar-refractivity contribution >= 4 is 11.8 Å². The van der Waals surface area contributed by atoms with E-state index in [1.165, 1.54) is 24.3 Å². The van der Waals surface area contributed by atoms with Gasteiger partial charge in [0.2, 0.25) is 0 Å². The zero-order valence-electron chi connectivity index (χ0n) is 19.8. The van der Waals surface area contributed by atoms with E-state index in [2.05, 4.69) is 5.32 Å². The number of amides is 1. The van der Waals surface area contributed by atoms with Crippen molar-refractivity contribution in [1.29, 1.82) is 0 Å². The van der Waals surface area contributed by atoms with Crippen LogP contribution < -0.4 is 21.6 Å². The Kier molecular flexibility index (Phi) is 7.90. The molecule has 182 valence electrons. The molecule has 0 atom stereocenters. The molecule has 0 radical (unpaired) electrons. The number of nitrogens with two attached hydrogens (primary N) is 2. The van der Waals surface area contributed by atoms with Gasteiger partial charge in [-0.15, -0.1) is 0 Å². The molecule has 1 aromatic heterocycles. The molecular weight excluding hydrogens is 430 g/mol. The molecule has 1 amide bonds. The number of rotatable bonds is 9. The number of hydrazine groups is 1. The van der Waals surface area contributed by atoms with Gasteiger partial charge in [-0.1, -0.05) is 36.8 Å². The Balaban J connectivity index is 1.44. The SMILES string of the molecule is CN(N)/C(CNC(=O)OCc1ccccc1)=C(\N)c1ccc(OC2CCCCC2)c(C2CC2)n1. The number of likely N-dealkylation sites (N-methyl/N-ethyl adjacent to an activating group) is 1. The summed E-state index contributed by atoms with van der Waals surface area (Å²) in [4.78, 5) is 17.1. The minimum absolute atomic E-state index is 0.118. The fraction of sp³-hybridized carbons (Fsp3) is 0.462. The van der Waals surface area contributed by atoms with Crippen LogP contribution in [0.4, 0.5) is 4.79 Å². The first-order valence-electron chi connectivity index (χ1n) is 12.1. The maximum Gasteiger partial charge on any atom is 0.407 e. The van der Waals surface area contributed by atoms with Crippen LogP contribution in [0.3, 0.4) is 0 Å². The minimum atomic E-state index is -0.543. The molecule has 0 bridgehead atoms. The molecular formula is C26H35N5O3. The minimum Gasteiger partial charge on any atom is -0.489 e. The van der Waals surface area contributed by atoms with Crippen molar-refractivity contribution < 1.29 is 14.3 Å². The normalized spacial score (nSPS) is 17.0. The Morgan fingerprint density at radius 3 is 2.50 bits per heavy atom. The number of nitrogens with zero attached hydrogens (tertiary/aromatic N) is 2. The van der Waals surface area contributed by atoms with Gasteiger partial charge >= 0.3 is 6.09 Å². The molecule has 2 aromatic rings. The van der Waals surface area contributed by atoms with E-state index < -0.39 is 6.09 Å². The number of nitrogens with one attached hydrogen (secondary N) is 1. The number of alkyl carbamates (subject to hydrolysis) is 1. The largest absolute Gasteiger partial charge is 0.489 e. The Bertz CT molecular complexity index is 999. The quantitative estimate of drug-likeness (QED) is 0.378. The Hall–Kier alpha value is -3.26. The lowest BCUT2D eigenvalue weighted by Gasteiger charge is -2.24. The molecule has 0 aliphatic heterocycles. The molecule has 0 saturated heterocycles. The highest BCUT2D eigenvalue weighted by atomic mass is 16.5. The number of hydrogen-bond donors (Lipinski definition) is 3. The van der Waals surface area contributed by atoms with E-state index in [9.17, 15) is 4.79 Å². The lowest BCUT2D eigenvalue weighted by Crippen LogP contribution is -2.36. The highest BCUT2D eigenvalue weighted by Crippen LogP contribution is 2.44. The van der Waals surface area contributed by atoms with Crippen molar-refractivity contribution in [1.82, 2.24) is 15.3 Å². The maximum absolute atomic E-state index is 12.2. The fourth-order valence-corrected chi connectivity index (χ4v) is 4.21. The Morgan fingerprint density at radius 2 is 1.82 bits per heavy atom. The fourth-order valence-electron chi connectivity index (χ4n) is 4.21. The lowest BCUT2D eigenvalue weighted by molar-refractivity contribution is 0.140. The van der Waals surface area contributed by atoms with Gasteiger partial charge in [0.15, 0.2) is 0 Å². The molecule has 0 unspecified atom stereocenters. The van der Waals surface area contributed by atoms with Crippen LogP contribution in [-0.2, 0) is 11.3 Å². The molecule has 34 heavy (non-hydrogen) atoms. The van der Waals surface area contributed by atoms with Gasteiger partial charge in [0.05, 0.1) is 35.4 Å². The van der Waals surface area contributed by atoms with Crippen LogP contribution in [0.2, 0.25) is 0 Å². The van der Waals surface area contributed by atoms with E-state index in [1.54, 1.807) is 7.05 Å². The van der Waals surface area contributed by atoms with Gasteiger partial charge in [0.25, 0.3) is 0 Å². The molecule has 4 rings (SSSR count). The Morgan fingerprint density at radius 1 is 1.09 bits per heavy atom. The second kappa shape index (κ2) is 11.2. The second-order valence-corrected chi connectivity index (χ2v) is 9.12. The second-order valence-electron chi connectivity index (χ2n) is 9.12. The van der Waals surface area contributed by atoms with Gasteiger partial charge in [-0.05, 0) is 56.2 Å². The van der Waals surface area contributed by atoms with E-state index in [0.717, 1.165) is 42.7 Å². The Labute approximate surface area is 201 Å². The number of pyridine rings is 1. The summed E-state index contributed by atoms with van der Waals surface area (Å²) in [6, 6.07) is 13.4. The third-order valence-electron chi connectivity index (χ3n) is 6.32. The molecule has 2 aliphatic carbocycles. The van der Waals surface area contributed by atoms with Crippen LogP contribution in [0.15, 0.2) is 48.2 Å². The molecule has 8 heteroatoms. The van der Waals surface area contributed by atoms with E-state index in [-0.39, 0.29) is 19.3 Å². The van der Waals surface area contributed by atoms with E-state index >= 15 is 0 Å². The van der Waals surface area contributed by atoms with Crippen LogP contribution in [-0.4, -0.2) is 35.8 Å². The number of carbonyl (C=O) groups excluding carboxylic acids is 1. The smallest absolute Gasteiger partial charge is 0.407 e. The molecule has 5 N–H and O–H groups in total. The summed E-state index contributed by atoms with van der Waals surface area (Å²) < 4.78 is 11.6. The van der Waals surface area contributed by atoms with Crippen molar-refractivity contribution in [2.75, 3.05) is 13.6 Å². The number of ether oxygens (including phenoxy) is 2. The molecule has 0 spiro atoms. The summed E-state index contributed by atoms with van der Waals surface area (Å²) in [5.74, 6) is 7.33. The summed E-state index contributed by atoms with van der Waals surface area (Å²) in [5.41, 5.74) is 9.96. The van der Waals surface area contributed by atoms with Gasteiger partial charge in [-0.25, -0.2) is 15.6 Å². The molecule has 8 nitrogen and oxygen atoms in total. The first-order chi connectivity index (χ1) is 16.5. The van der Waals surface area contributed by atoms with Crippen LogP contribution in [0.1, 0.15) is 67.8 Å². The van der Waals surface area contributed by atoms with Crippen LogP contribution in [0, 0.1) is 0 Å². The van der Waals surface area contributed by atoms with Gasteiger partial charge < -0.3 is 25.5 Å². The zero-order valence-corrected chi connectivity index (χ0v) is 19.8. The van der Waals surface area contributed by atoms with Crippen molar-refractivity contribution in [3.8, 4) is 5.75 Å². The van der Waals surface area contributed by atoms with E-state index in [1.807, 2.05) is 42.5 Å². The van der Waals surface area contributed by atoms with Crippen LogP contribution in [0.25, 0.3) is 5.70 Å². The molecule has 1 heterocycles. The summed E-state index contributed by atoms with van der Waals surface area (Å²) in [7, 11) is 1.68. The molecule has 1 aromatic carbocycles. The predicted molar refractivity (Wildman–Crippen MR) is 131 cm³/mol. The third kappa shape index (κ3) is 6.41. The average Bonchev–Trinajstić information content (AvgIpc) is 3.69. The summed E-state index contributed by atoms with van der Waals surface area (Å²) in [6.45, 7) is 0.307. The highest BCUT2D eigenvalue weighted by Gasteiger charge is 2.30. The number of hydrogen-bond acceptors (Lipinski definition) is 7. The zero-order chi connectivity index (χ0) is 23.9. The summed E-state index contributed by atoms with van der Waals surface area (Å²) in [5, 5.41) is 4.13. The molecule has 2 saturated carbocycles. The standard InChI is InChI=1S/C26H35N5O3/c1-31(28)22(16-29-26(32)33-17-18-8-4-2-5-9-18)24(27)21-14-15-23(25(30-21)19-12-13-19)34-20-10-6-3-7-11-20/h2,4-5,8-9,14-15,19-20H,3,6-7,10-13,16-17,27-28H2,1H3,(H,29,32)/b24-22-. The van der Waals surface area contributed by atoms with Gasteiger partial charge in [0.1, 0.15) is 12.4 Å². The van der Waals surface area contributed by atoms with Crippen molar-refractivity contribution in [2.24, 2.45) is 11.6 Å². The van der Waals surface area contributed by atoms with Crippen molar-refractivity contribution in [3.05, 3.63) is 65.1 Å². The third-order valence-corrected chi connectivity index (χ3v) is 6.32. The number of benzene rings is 1. The topological polar surface area (TPSA) is 116 Å². The van der Waals surface area contributed by atoms with Crippen LogP contribution >= 0.6 is 0 Å². The van der Waals surface area contributed by atoms with Crippen molar-refractivity contribution in [2.45, 2.75) is 63.6 Å². The monoisotopic (exact) mass is 465 g/mol. The first-order valence-corrected chi connectivity index (χ1v) is 12.1. The highest BCUT2D eigenvalue weighted by molar-refractivity contribution is 5.69. The summed E-state index contributed by atoms with van der Waals surface area (Å²) in [6.07, 6.45) is 7.87. The van der Waals surface area contributed by atoms with Crippen LogP contribution in [0.5, 0.6) is 5.75 Å².